The fraction of sp³-hybridized carbons (Fsp3) is 0.182. The number of rotatable bonds is 8. The number of hydrogen-bond acceptors (Lipinski definition) is 6. The largest absolute Gasteiger partial charge is 0.465 e. The number of ether oxygens (including phenoxy) is 2. The number of imide groups is 1. The van der Waals surface area contributed by atoms with Crippen molar-refractivity contribution in [1.82, 2.24) is 4.90 Å². The lowest BCUT2D eigenvalue weighted by atomic mass is 10.1. The van der Waals surface area contributed by atoms with Crippen LogP contribution < -0.4 is 0 Å². The molecule has 8 heteroatoms. The fourth-order valence-electron chi connectivity index (χ4n) is 2.93. The van der Waals surface area contributed by atoms with Gasteiger partial charge < -0.3 is 9.47 Å². The number of esters is 1. The number of carbonyl (C=O) groups is 4. The molecule has 0 N–H and O–H groups in total. The number of benzene rings is 2. The van der Waals surface area contributed by atoms with Crippen LogP contribution in [0.4, 0.5) is 0 Å². The van der Waals surface area contributed by atoms with Gasteiger partial charge in [-0.25, -0.2) is 4.79 Å². The lowest BCUT2D eigenvalue weighted by Gasteiger charge is -2.13. The number of nitrogens with zero attached hydrogens (tertiary/aromatic N) is 1. The molecular weight excluding hydrogens is 454 g/mol. The smallest absolute Gasteiger partial charge is 0.341 e. The molecule has 154 valence electrons. The summed E-state index contributed by atoms with van der Waals surface area (Å²) in [5, 5.41) is 0. The summed E-state index contributed by atoms with van der Waals surface area (Å²) in [6, 6.07) is 13.6. The maximum atomic E-state index is 12.5. The molecule has 0 radical (unpaired) electrons. The Bertz CT molecular complexity index is 993. The van der Waals surface area contributed by atoms with E-state index in [4.69, 9.17) is 9.47 Å². The maximum absolute atomic E-state index is 12.5. The quantitative estimate of drug-likeness (QED) is 0.147. The summed E-state index contributed by atoms with van der Waals surface area (Å²) in [7, 11) is 1.19. The van der Waals surface area contributed by atoms with Gasteiger partial charge in [-0.3, -0.25) is 19.3 Å². The minimum Gasteiger partial charge on any atom is -0.465 e. The van der Waals surface area contributed by atoms with Crippen molar-refractivity contribution in [1.29, 1.82) is 0 Å². The normalized spacial score (nSPS) is 13.4. The first kappa shape index (κ1) is 21.6. The summed E-state index contributed by atoms with van der Waals surface area (Å²) in [5.41, 5.74) is 1.20. The molecule has 3 rings (SSSR count). The van der Waals surface area contributed by atoms with Crippen molar-refractivity contribution in [3.8, 4) is 0 Å². The van der Waals surface area contributed by atoms with E-state index in [2.05, 4.69) is 15.9 Å². The van der Waals surface area contributed by atoms with Crippen molar-refractivity contribution < 1.29 is 28.7 Å². The van der Waals surface area contributed by atoms with Gasteiger partial charge in [0.1, 0.15) is 12.2 Å². The van der Waals surface area contributed by atoms with Crippen LogP contribution in [0.1, 0.15) is 26.3 Å². The van der Waals surface area contributed by atoms with Crippen molar-refractivity contribution in [3.63, 3.8) is 0 Å². The van der Waals surface area contributed by atoms with Crippen LogP contribution in [-0.4, -0.2) is 55.3 Å². The predicted octanol–water partition coefficient (Wildman–Crippen LogP) is 2.89. The number of ketones is 1. The summed E-state index contributed by atoms with van der Waals surface area (Å²) < 4.78 is 10.9. The minimum absolute atomic E-state index is 0.00358. The van der Waals surface area contributed by atoms with Crippen LogP contribution in [0.2, 0.25) is 0 Å². The second-order valence-electron chi connectivity index (χ2n) is 6.38. The van der Waals surface area contributed by atoms with E-state index >= 15 is 0 Å². The summed E-state index contributed by atoms with van der Waals surface area (Å²) in [5.74, 6) is -2.12. The Kier molecular flexibility index (Phi) is 6.91. The van der Waals surface area contributed by atoms with Gasteiger partial charge in [-0.15, -0.1) is 0 Å². The van der Waals surface area contributed by atoms with E-state index in [-0.39, 0.29) is 25.3 Å². The van der Waals surface area contributed by atoms with Gasteiger partial charge in [0.25, 0.3) is 11.8 Å². The second-order valence-corrected chi connectivity index (χ2v) is 7.30. The summed E-state index contributed by atoms with van der Waals surface area (Å²) in [4.78, 5) is 50.2. The number of fused-ring (bicyclic) bond motifs is 1. The molecule has 0 unspecified atom stereocenters. The number of hydrogen-bond donors (Lipinski definition) is 0. The van der Waals surface area contributed by atoms with Gasteiger partial charge in [0, 0.05) is 4.47 Å². The molecule has 2 aromatic carbocycles. The van der Waals surface area contributed by atoms with E-state index in [0.717, 1.165) is 9.37 Å². The highest BCUT2D eigenvalue weighted by atomic mass is 79.9. The highest BCUT2D eigenvalue weighted by Crippen LogP contribution is 2.22. The van der Waals surface area contributed by atoms with Gasteiger partial charge >= 0.3 is 5.97 Å². The Morgan fingerprint density at radius 3 is 2.17 bits per heavy atom. The Balaban J connectivity index is 1.59. The van der Waals surface area contributed by atoms with E-state index in [1.54, 1.807) is 48.5 Å². The molecule has 0 bridgehead atoms. The lowest BCUT2D eigenvalue weighted by Crippen LogP contribution is -2.33. The summed E-state index contributed by atoms with van der Waals surface area (Å²) in [6.07, 6.45) is 1.42. The highest BCUT2D eigenvalue weighted by Gasteiger charge is 2.34. The third kappa shape index (κ3) is 4.72. The van der Waals surface area contributed by atoms with Crippen molar-refractivity contribution >= 4 is 45.6 Å². The zero-order chi connectivity index (χ0) is 21.7. The van der Waals surface area contributed by atoms with Gasteiger partial charge in [0.05, 0.1) is 31.4 Å². The SMILES string of the molecule is COC(=O)/C(=C\c1ccc(Br)cc1)C(=O)COCCN1C(=O)c2ccccc2C1=O. The molecule has 0 aromatic heterocycles. The second kappa shape index (κ2) is 9.60. The molecule has 1 aliphatic heterocycles. The topological polar surface area (TPSA) is 90.0 Å². The summed E-state index contributed by atoms with van der Waals surface area (Å²) >= 11 is 3.32. The van der Waals surface area contributed by atoms with Crippen molar-refractivity contribution in [3.05, 3.63) is 75.3 Å². The van der Waals surface area contributed by atoms with Gasteiger partial charge in [-0.1, -0.05) is 40.2 Å². The maximum Gasteiger partial charge on any atom is 0.341 e. The van der Waals surface area contributed by atoms with Gasteiger partial charge in [-0.2, -0.15) is 0 Å². The van der Waals surface area contributed by atoms with E-state index in [1.165, 1.54) is 13.2 Å². The predicted molar refractivity (Wildman–Crippen MR) is 112 cm³/mol. The standard InChI is InChI=1S/C22H18BrNO6/c1-29-22(28)18(12-14-6-8-15(23)9-7-14)19(25)13-30-11-10-24-20(26)16-4-2-3-5-17(16)21(24)27/h2-9,12H,10-11,13H2,1H3/b18-12-. The van der Waals surface area contributed by atoms with Crippen LogP contribution in [0.3, 0.4) is 0 Å². The van der Waals surface area contributed by atoms with E-state index < -0.39 is 23.6 Å². The average molecular weight is 472 g/mol. The number of carbonyl (C=O) groups excluding carboxylic acids is 4. The zero-order valence-electron chi connectivity index (χ0n) is 16.1. The summed E-state index contributed by atoms with van der Waals surface area (Å²) in [6.45, 7) is -0.422. The van der Waals surface area contributed by atoms with Crippen molar-refractivity contribution in [2.24, 2.45) is 0 Å². The first-order valence-corrected chi connectivity index (χ1v) is 9.83. The molecule has 2 aromatic rings. The third-order valence-electron chi connectivity index (χ3n) is 4.46. The molecule has 1 heterocycles. The van der Waals surface area contributed by atoms with Crippen LogP contribution in [-0.2, 0) is 19.1 Å². The van der Waals surface area contributed by atoms with Crippen molar-refractivity contribution in [2.45, 2.75) is 0 Å². The number of halogens is 1. The lowest BCUT2D eigenvalue weighted by molar-refractivity contribution is -0.138. The molecular formula is C22H18BrNO6. The fourth-order valence-corrected chi connectivity index (χ4v) is 3.19. The van der Waals surface area contributed by atoms with Crippen LogP contribution in [0.5, 0.6) is 0 Å². The van der Waals surface area contributed by atoms with Crippen LogP contribution in [0.25, 0.3) is 6.08 Å². The monoisotopic (exact) mass is 471 g/mol. The van der Waals surface area contributed by atoms with E-state index in [1.807, 2.05) is 0 Å². The number of Topliss-reactive ketones (excluding diaryl/α,β-unsaturated/α-hetero) is 1. The molecule has 0 spiro atoms. The molecule has 1 aliphatic rings. The number of methoxy groups -OCH3 is 1. The first-order chi connectivity index (χ1) is 14.4. The van der Waals surface area contributed by atoms with Crippen LogP contribution >= 0.6 is 15.9 Å². The Hall–Kier alpha value is -3.10. The first-order valence-electron chi connectivity index (χ1n) is 9.04. The molecule has 0 fully saturated rings. The van der Waals surface area contributed by atoms with Crippen LogP contribution in [0, 0.1) is 0 Å². The molecule has 2 amide bonds. The Morgan fingerprint density at radius 2 is 1.60 bits per heavy atom. The van der Waals surface area contributed by atoms with E-state index in [9.17, 15) is 19.2 Å². The van der Waals surface area contributed by atoms with E-state index in [0.29, 0.717) is 16.7 Å². The highest BCUT2D eigenvalue weighted by molar-refractivity contribution is 9.10. The Labute approximate surface area is 181 Å². The molecule has 0 saturated heterocycles. The molecule has 7 nitrogen and oxygen atoms in total. The van der Waals surface area contributed by atoms with Gasteiger partial charge in [0.2, 0.25) is 0 Å². The molecule has 0 aliphatic carbocycles. The molecule has 0 atom stereocenters. The molecule has 0 saturated carbocycles. The van der Waals surface area contributed by atoms with Crippen molar-refractivity contribution in [2.75, 3.05) is 26.9 Å². The van der Waals surface area contributed by atoms with Gasteiger partial charge in [0.15, 0.2) is 5.78 Å². The Morgan fingerprint density at radius 1 is 1.00 bits per heavy atom. The van der Waals surface area contributed by atoms with Gasteiger partial charge in [-0.05, 0) is 35.9 Å². The van der Waals surface area contributed by atoms with Crippen LogP contribution in [0.15, 0.2) is 58.6 Å². The zero-order valence-corrected chi connectivity index (χ0v) is 17.7. The number of amides is 2. The minimum atomic E-state index is -0.771. The third-order valence-corrected chi connectivity index (χ3v) is 4.99. The molecule has 30 heavy (non-hydrogen) atoms. The average Bonchev–Trinajstić information content (AvgIpc) is 3.00.